The number of carbonyl (C=O) groups is 2. The number of nitrogens with one attached hydrogen (secondary N) is 1. The Kier molecular flexibility index (Phi) is 6.92. The molecule has 0 aliphatic heterocycles. The molecule has 0 unspecified atom stereocenters. The lowest BCUT2D eigenvalue weighted by molar-refractivity contribution is -0.0545. The van der Waals surface area contributed by atoms with Crippen LogP contribution in [0.1, 0.15) is 29.8 Å². The maximum absolute atomic E-state index is 12.4. The van der Waals surface area contributed by atoms with Gasteiger partial charge in [-0.15, -0.1) is 0 Å². The van der Waals surface area contributed by atoms with Crippen LogP contribution in [0.4, 0.5) is 4.79 Å². The number of aryl methyl sites for hydroxylation is 1. The minimum Gasteiger partial charge on any atom is -0.391 e. The Labute approximate surface area is 158 Å². The Balaban J connectivity index is 2.08. The van der Waals surface area contributed by atoms with Crippen molar-refractivity contribution in [2.24, 2.45) is 5.73 Å². The molecule has 27 heavy (non-hydrogen) atoms. The van der Waals surface area contributed by atoms with Gasteiger partial charge in [0, 0.05) is 5.56 Å². The number of benzene rings is 2. The molecule has 2 atom stereocenters. The molecular weight excluding hydrogens is 346 g/mol. The Morgan fingerprint density at radius 1 is 1.07 bits per heavy atom. The van der Waals surface area contributed by atoms with Gasteiger partial charge in [-0.05, 0) is 42.2 Å². The first-order chi connectivity index (χ1) is 12.8. The quantitative estimate of drug-likeness (QED) is 0.441. The maximum Gasteiger partial charge on any atom is 0.338 e. The predicted octanol–water partition coefficient (Wildman–Crippen LogP) is 2.17. The van der Waals surface area contributed by atoms with Gasteiger partial charge in [-0.1, -0.05) is 43.3 Å². The van der Waals surface area contributed by atoms with E-state index >= 15 is 0 Å². The standard InChI is InChI=1S/C20H25N3O4/c1-3-14-4-6-15(7-5-14)16-8-10-17(11-9-16)19(25)22-18(13(2)24)12-23(27)20(21)26/h4-11,13,18,24,27H,3,12H2,1-2H3,(H2,21,26)(H,22,25)/t13-,18-/m1/s1. The van der Waals surface area contributed by atoms with Crippen LogP contribution in [0.25, 0.3) is 11.1 Å². The van der Waals surface area contributed by atoms with Gasteiger partial charge in [-0.3, -0.25) is 10.0 Å². The van der Waals surface area contributed by atoms with Crippen LogP contribution in [-0.2, 0) is 6.42 Å². The SMILES string of the molecule is CCc1ccc(-c2ccc(C(=O)N[C@H](CN(O)C(N)=O)[C@@H](C)O)cc2)cc1. The third-order valence-electron chi connectivity index (χ3n) is 4.37. The number of carbonyl (C=O) groups excluding carboxylic acids is 2. The number of hydrogen-bond donors (Lipinski definition) is 4. The predicted molar refractivity (Wildman–Crippen MR) is 102 cm³/mol. The summed E-state index contributed by atoms with van der Waals surface area (Å²) in [5.41, 5.74) is 8.65. The van der Waals surface area contributed by atoms with Crippen molar-refractivity contribution in [3.05, 3.63) is 59.7 Å². The molecule has 7 heteroatoms. The van der Waals surface area contributed by atoms with Crippen molar-refractivity contribution in [1.29, 1.82) is 0 Å². The summed E-state index contributed by atoms with van der Waals surface area (Å²) >= 11 is 0. The van der Waals surface area contributed by atoms with Crippen LogP contribution in [0.3, 0.4) is 0 Å². The average Bonchev–Trinajstić information content (AvgIpc) is 2.67. The number of hydrogen-bond acceptors (Lipinski definition) is 4. The number of nitrogens with two attached hydrogens (primary N) is 1. The number of aliphatic hydroxyl groups is 1. The van der Waals surface area contributed by atoms with E-state index in [1.165, 1.54) is 12.5 Å². The molecule has 7 nitrogen and oxygen atoms in total. The van der Waals surface area contributed by atoms with Crippen molar-refractivity contribution in [2.75, 3.05) is 6.54 Å². The second-order valence-electron chi connectivity index (χ2n) is 6.37. The van der Waals surface area contributed by atoms with Gasteiger partial charge in [0.1, 0.15) is 0 Å². The Morgan fingerprint density at radius 2 is 1.59 bits per heavy atom. The molecule has 2 rings (SSSR count). The molecule has 2 aromatic carbocycles. The van der Waals surface area contributed by atoms with Gasteiger partial charge < -0.3 is 16.2 Å². The highest BCUT2D eigenvalue weighted by Crippen LogP contribution is 2.20. The van der Waals surface area contributed by atoms with Gasteiger partial charge in [-0.25, -0.2) is 9.86 Å². The minimum atomic E-state index is -1.06. The largest absolute Gasteiger partial charge is 0.391 e. The van der Waals surface area contributed by atoms with E-state index in [4.69, 9.17) is 5.73 Å². The highest BCUT2D eigenvalue weighted by molar-refractivity contribution is 5.95. The van der Waals surface area contributed by atoms with E-state index < -0.39 is 24.1 Å². The molecule has 5 N–H and O–H groups in total. The van der Waals surface area contributed by atoms with E-state index in [0.29, 0.717) is 5.56 Å². The summed E-state index contributed by atoms with van der Waals surface area (Å²) in [4.78, 5) is 23.3. The number of nitrogens with zero attached hydrogens (tertiary/aromatic N) is 1. The fraction of sp³-hybridized carbons (Fsp3) is 0.300. The lowest BCUT2D eigenvalue weighted by atomic mass is 10.0. The van der Waals surface area contributed by atoms with E-state index in [2.05, 4.69) is 24.4 Å². The first-order valence-electron chi connectivity index (χ1n) is 8.76. The van der Waals surface area contributed by atoms with Crippen molar-refractivity contribution >= 4 is 11.9 Å². The first-order valence-corrected chi connectivity index (χ1v) is 8.76. The van der Waals surface area contributed by atoms with E-state index in [9.17, 15) is 19.9 Å². The summed E-state index contributed by atoms with van der Waals surface area (Å²) in [6.45, 7) is 3.23. The molecule has 0 saturated carbocycles. The van der Waals surface area contributed by atoms with E-state index in [1.807, 2.05) is 24.3 Å². The lowest BCUT2D eigenvalue weighted by Gasteiger charge is -2.24. The molecule has 0 radical (unpaired) electrons. The van der Waals surface area contributed by atoms with Gasteiger partial charge in [0.2, 0.25) is 0 Å². The number of hydroxylamine groups is 2. The Bertz CT molecular complexity index is 773. The Hall–Kier alpha value is -2.90. The molecule has 2 aromatic rings. The summed E-state index contributed by atoms with van der Waals surface area (Å²) in [5.74, 6) is -0.424. The van der Waals surface area contributed by atoms with E-state index in [0.717, 1.165) is 17.5 Å². The summed E-state index contributed by atoms with van der Waals surface area (Å²) in [5, 5.41) is 22.0. The zero-order valence-corrected chi connectivity index (χ0v) is 15.4. The molecule has 144 valence electrons. The zero-order chi connectivity index (χ0) is 20.0. The fourth-order valence-electron chi connectivity index (χ4n) is 2.59. The number of urea groups is 1. The topological polar surface area (TPSA) is 116 Å². The van der Waals surface area contributed by atoms with E-state index in [-0.39, 0.29) is 11.6 Å². The van der Waals surface area contributed by atoms with Crippen LogP contribution in [0.2, 0.25) is 0 Å². The Morgan fingerprint density at radius 3 is 2.04 bits per heavy atom. The smallest absolute Gasteiger partial charge is 0.338 e. The molecule has 3 amide bonds. The van der Waals surface area contributed by atoms with Crippen molar-refractivity contribution in [3.8, 4) is 11.1 Å². The molecular formula is C20H25N3O4. The molecule has 0 aromatic heterocycles. The molecule has 0 saturated heterocycles. The van der Waals surface area contributed by atoms with Crippen LogP contribution >= 0.6 is 0 Å². The van der Waals surface area contributed by atoms with Crippen molar-refractivity contribution in [3.63, 3.8) is 0 Å². The summed E-state index contributed by atoms with van der Waals surface area (Å²) in [6.07, 6.45) is -0.00971. The number of primary amides is 1. The van der Waals surface area contributed by atoms with Gasteiger partial charge in [-0.2, -0.15) is 0 Å². The highest BCUT2D eigenvalue weighted by Gasteiger charge is 2.22. The van der Waals surface area contributed by atoms with Crippen LogP contribution in [0.15, 0.2) is 48.5 Å². The lowest BCUT2D eigenvalue weighted by Crippen LogP contribution is -2.51. The zero-order valence-electron chi connectivity index (χ0n) is 15.4. The summed E-state index contributed by atoms with van der Waals surface area (Å²) < 4.78 is 0. The van der Waals surface area contributed by atoms with Gasteiger partial charge in [0.05, 0.1) is 18.7 Å². The number of aliphatic hydroxyl groups excluding tert-OH is 1. The van der Waals surface area contributed by atoms with Crippen LogP contribution in [0, 0.1) is 0 Å². The van der Waals surface area contributed by atoms with Gasteiger partial charge in [0.25, 0.3) is 5.91 Å². The second kappa shape index (κ2) is 9.16. The van der Waals surface area contributed by atoms with Crippen molar-refractivity contribution in [2.45, 2.75) is 32.4 Å². The van der Waals surface area contributed by atoms with E-state index in [1.54, 1.807) is 12.1 Å². The highest BCUT2D eigenvalue weighted by atomic mass is 16.5. The number of amides is 3. The third-order valence-corrected chi connectivity index (χ3v) is 4.37. The van der Waals surface area contributed by atoms with Crippen molar-refractivity contribution < 1.29 is 19.9 Å². The van der Waals surface area contributed by atoms with Gasteiger partial charge in [0.15, 0.2) is 0 Å². The normalized spacial score (nSPS) is 12.9. The third kappa shape index (κ3) is 5.54. The first kappa shape index (κ1) is 20.4. The average molecular weight is 371 g/mol. The molecule has 0 aliphatic rings. The molecule has 0 spiro atoms. The monoisotopic (exact) mass is 371 g/mol. The second-order valence-corrected chi connectivity index (χ2v) is 6.37. The van der Waals surface area contributed by atoms with Crippen LogP contribution in [-0.4, -0.2) is 46.0 Å². The molecule has 0 heterocycles. The summed E-state index contributed by atoms with van der Waals surface area (Å²) in [6, 6.07) is 13.3. The molecule has 0 bridgehead atoms. The molecule has 0 fully saturated rings. The van der Waals surface area contributed by atoms with Crippen LogP contribution in [0.5, 0.6) is 0 Å². The van der Waals surface area contributed by atoms with Gasteiger partial charge >= 0.3 is 6.03 Å². The van der Waals surface area contributed by atoms with Crippen molar-refractivity contribution in [1.82, 2.24) is 10.4 Å². The number of rotatable bonds is 7. The maximum atomic E-state index is 12.4. The fourth-order valence-corrected chi connectivity index (χ4v) is 2.59. The molecule has 0 aliphatic carbocycles. The van der Waals surface area contributed by atoms with Crippen LogP contribution < -0.4 is 11.1 Å². The minimum absolute atomic E-state index is 0.251. The summed E-state index contributed by atoms with van der Waals surface area (Å²) in [7, 11) is 0.